The lowest BCUT2D eigenvalue weighted by atomic mass is 10.3. The summed E-state index contributed by atoms with van der Waals surface area (Å²) in [6.07, 6.45) is 0.241. The van der Waals surface area contributed by atoms with Crippen LogP contribution >= 0.6 is 11.3 Å². The number of carbonyl (C=O) groups is 1. The molecule has 1 aromatic rings. The number of rotatable bonds is 5. The zero-order chi connectivity index (χ0) is 13.8. The predicted molar refractivity (Wildman–Crippen MR) is 75.6 cm³/mol. The Balaban J connectivity index is 1.75. The lowest BCUT2D eigenvalue weighted by Crippen LogP contribution is -2.46. The van der Waals surface area contributed by atoms with Crippen molar-refractivity contribution in [3.05, 3.63) is 15.6 Å². The first-order chi connectivity index (χ1) is 9.04. The molecule has 5 nitrogen and oxygen atoms in total. The van der Waals surface area contributed by atoms with Crippen LogP contribution in [-0.2, 0) is 11.3 Å². The Morgan fingerprint density at radius 2 is 1.89 bits per heavy atom. The van der Waals surface area contributed by atoms with Gasteiger partial charge in [0.15, 0.2) is 0 Å². The largest absolute Gasteiger partial charge is 0.481 e. The topological polar surface area (TPSA) is 56.7 Å². The summed E-state index contributed by atoms with van der Waals surface area (Å²) in [5.41, 5.74) is 1.14. The van der Waals surface area contributed by atoms with Crippen LogP contribution in [0, 0.1) is 13.8 Å². The highest BCUT2D eigenvalue weighted by Crippen LogP contribution is 2.18. The number of hydrogen-bond donors (Lipinski definition) is 1. The van der Waals surface area contributed by atoms with Crippen LogP contribution in [0.15, 0.2) is 0 Å². The van der Waals surface area contributed by atoms with Gasteiger partial charge >= 0.3 is 5.97 Å². The van der Waals surface area contributed by atoms with Crippen molar-refractivity contribution >= 4 is 17.3 Å². The van der Waals surface area contributed by atoms with Crippen LogP contribution in [0.25, 0.3) is 0 Å². The standard InChI is InChI=1S/C13H21N3O2S/c1-10-11(2)19-12(14-10)9-16-7-5-15(6-8-16)4-3-13(17)18/h3-9H2,1-2H3,(H,17,18). The van der Waals surface area contributed by atoms with Gasteiger partial charge in [0, 0.05) is 37.6 Å². The normalized spacial score (nSPS) is 17.8. The van der Waals surface area contributed by atoms with Crippen molar-refractivity contribution in [3.63, 3.8) is 0 Å². The van der Waals surface area contributed by atoms with Crippen molar-refractivity contribution < 1.29 is 9.90 Å². The summed E-state index contributed by atoms with van der Waals surface area (Å²) in [7, 11) is 0. The maximum Gasteiger partial charge on any atom is 0.304 e. The molecule has 0 saturated carbocycles. The van der Waals surface area contributed by atoms with Gasteiger partial charge in [-0.25, -0.2) is 4.98 Å². The molecule has 0 spiro atoms. The van der Waals surface area contributed by atoms with E-state index in [0.29, 0.717) is 6.54 Å². The fourth-order valence-corrected chi connectivity index (χ4v) is 3.20. The number of nitrogens with zero attached hydrogens (tertiary/aromatic N) is 3. The van der Waals surface area contributed by atoms with E-state index in [1.807, 2.05) is 0 Å². The molecule has 0 aliphatic carbocycles. The molecular formula is C13H21N3O2S. The van der Waals surface area contributed by atoms with Gasteiger partial charge in [-0.2, -0.15) is 0 Å². The van der Waals surface area contributed by atoms with E-state index in [-0.39, 0.29) is 6.42 Å². The summed E-state index contributed by atoms with van der Waals surface area (Å²) in [4.78, 5) is 21.0. The number of thiazole rings is 1. The molecule has 1 N–H and O–H groups in total. The van der Waals surface area contributed by atoms with Gasteiger partial charge in [0.2, 0.25) is 0 Å². The summed E-state index contributed by atoms with van der Waals surface area (Å²) in [6, 6.07) is 0. The van der Waals surface area contributed by atoms with Gasteiger partial charge < -0.3 is 10.0 Å². The predicted octanol–water partition coefficient (Wildman–Crippen LogP) is 1.35. The average molecular weight is 283 g/mol. The van der Waals surface area contributed by atoms with E-state index in [9.17, 15) is 4.79 Å². The Morgan fingerprint density at radius 3 is 2.42 bits per heavy atom. The van der Waals surface area contributed by atoms with Gasteiger partial charge in [-0.05, 0) is 13.8 Å². The molecule has 2 heterocycles. The second-order valence-corrected chi connectivity index (χ2v) is 6.30. The minimum Gasteiger partial charge on any atom is -0.481 e. The quantitative estimate of drug-likeness (QED) is 0.884. The molecule has 0 bridgehead atoms. The van der Waals surface area contributed by atoms with E-state index in [1.54, 1.807) is 11.3 Å². The van der Waals surface area contributed by atoms with Crippen LogP contribution in [0.2, 0.25) is 0 Å². The number of hydrogen-bond acceptors (Lipinski definition) is 5. The molecule has 1 aliphatic rings. The van der Waals surface area contributed by atoms with E-state index in [1.165, 1.54) is 9.88 Å². The second-order valence-electron chi connectivity index (χ2n) is 5.01. The Bertz CT molecular complexity index is 420. The first kappa shape index (κ1) is 14.4. The van der Waals surface area contributed by atoms with Crippen LogP contribution in [0.3, 0.4) is 0 Å². The van der Waals surface area contributed by atoms with E-state index < -0.39 is 5.97 Å². The number of piperazine rings is 1. The van der Waals surface area contributed by atoms with E-state index in [4.69, 9.17) is 5.11 Å². The Hall–Kier alpha value is -0.980. The molecule has 1 saturated heterocycles. The molecule has 6 heteroatoms. The Kier molecular flexibility index (Phi) is 4.90. The van der Waals surface area contributed by atoms with Crippen LogP contribution in [0.5, 0.6) is 0 Å². The first-order valence-electron chi connectivity index (χ1n) is 6.64. The van der Waals surface area contributed by atoms with Crippen LogP contribution in [0.4, 0.5) is 0 Å². The van der Waals surface area contributed by atoms with Gasteiger partial charge in [0.25, 0.3) is 0 Å². The fourth-order valence-electron chi connectivity index (χ4n) is 2.22. The highest BCUT2D eigenvalue weighted by molar-refractivity contribution is 7.11. The molecule has 1 aliphatic heterocycles. The molecule has 106 valence electrons. The van der Waals surface area contributed by atoms with Gasteiger partial charge in [-0.3, -0.25) is 9.69 Å². The Labute approximate surface area is 117 Å². The minimum atomic E-state index is -0.712. The maximum atomic E-state index is 10.5. The number of aromatic nitrogens is 1. The van der Waals surface area contributed by atoms with Crippen molar-refractivity contribution in [2.75, 3.05) is 32.7 Å². The molecule has 0 atom stereocenters. The summed E-state index contributed by atoms with van der Waals surface area (Å²) >= 11 is 1.78. The monoisotopic (exact) mass is 283 g/mol. The second kappa shape index (κ2) is 6.45. The molecule has 1 aromatic heterocycles. The van der Waals surface area contributed by atoms with Crippen LogP contribution < -0.4 is 0 Å². The third kappa shape index (κ3) is 4.26. The molecule has 0 radical (unpaired) electrons. The number of carboxylic acids is 1. The van der Waals surface area contributed by atoms with Gasteiger partial charge in [0.1, 0.15) is 5.01 Å². The lowest BCUT2D eigenvalue weighted by molar-refractivity contribution is -0.137. The average Bonchev–Trinajstić information content (AvgIpc) is 2.67. The van der Waals surface area contributed by atoms with Gasteiger partial charge in [-0.15, -0.1) is 11.3 Å². The smallest absolute Gasteiger partial charge is 0.304 e. The van der Waals surface area contributed by atoms with E-state index in [2.05, 4.69) is 28.6 Å². The molecular weight excluding hydrogens is 262 g/mol. The molecule has 1 fully saturated rings. The van der Waals surface area contributed by atoms with Crippen molar-refractivity contribution in [3.8, 4) is 0 Å². The number of carboxylic acid groups (broad SMARTS) is 1. The SMILES string of the molecule is Cc1nc(CN2CCN(CCC(=O)O)CC2)sc1C. The summed E-state index contributed by atoms with van der Waals surface area (Å²) in [5, 5.41) is 9.86. The zero-order valence-electron chi connectivity index (χ0n) is 11.6. The molecule has 2 rings (SSSR count). The lowest BCUT2D eigenvalue weighted by Gasteiger charge is -2.33. The molecule has 0 amide bonds. The molecule has 0 unspecified atom stereocenters. The highest BCUT2D eigenvalue weighted by Gasteiger charge is 2.18. The number of aliphatic carboxylic acids is 1. The van der Waals surface area contributed by atoms with Crippen molar-refractivity contribution in [1.82, 2.24) is 14.8 Å². The van der Waals surface area contributed by atoms with E-state index >= 15 is 0 Å². The van der Waals surface area contributed by atoms with Gasteiger partial charge in [0.05, 0.1) is 18.7 Å². The summed E-state index contributed by atoms with van der Waals surface area (Å²) in [5.74, 6) is -0.712. The Morgan fingerprint density at radius 1 is 1.26 bits per heavy atom. The fraction of sp³-hybridized carbons (Fsp3) is 0.692. The summed E-state index contributed by atoms with van der Waals surface area (Å²) < 4.78 is 0. The minimum absolute atomic E-state index is 0.241. The molecule has 0 aromatic carbocycles. The van der Waals surface area contributed by atoms with E-state index in [0.717, 1.165) is 38.4 Å². The van der Waals surface area contributed by atoms with Gasteiger partial charge in [-0.1, -0.05) is 0 Å². The summed E-state index contributed by atoms with van der Waals surface area (Å²) in [6.45, 7) is 9.66. The van der Waals surface area contributed by atoms with Crippen LogP contribution in [0.1, 0.15) is 22.0 Å². The number of aryl methyl sites for hydroxylation is 2. The van der Waals surface area contributed by atoms with Crippen molar-refractivity contribution in [1.29, 1.82) is 0 Å². The third-order valence-electron chi connectivity index (χ3n) is 3.54. The van der Waals surface area contributed by atoms with Crippen molar-refractivity contribution in [2.24, 2.45) is 0 Å². The maximum absolute atomic E-state index is 10.5. The van der Waals surface area contributed by atoms with Crippen LogP contribution in [-0.4, -0.2) is 58.6 Å². The molecule has 19 heavy (non-hydrogen) atoms. The zero-order valence-corrected chi connectivity index (χ0v) is 12.4. The highest BCUT2D eigenvalue weighted by atomic mass is 32.1. The van der Waals surface area contributed by atoms with Crippen molar-refractivity contribution in [2.45, 2.75) is 26.8 Å². The third-order valence-corrected chi connectivity index (χ3v) is 4.60. The first-order valence-corrected chi connectivity index (χ1v) is 7.45.